The summed E-state index contributed by atoms with van der Waals surface area (Å²) in [5.41, 5.74) is 5.36. The van der Waals surface area contributed by atoms with Crippen LogP contribution in [-0.4, -0.2) is 22.0 Å². The molecule has 0 saturated heterocycles. The van der Waals surface area contributed by atoms with Gasteiger partial charge in [-0.15, -0.1) is 11.8 Å². The highest BCUT2D eigenvalue weighted by molar-refractivity contribution is 9.09. The molecule has 0 saturated carbocycles. The number of amides is 3. The van der Waals surface area contributed by atoms with E-state index in [1.807, 2.05) is 29.7 Å². The van der Waals surface area contributed by atoms with Gasteiger partial charge in [-0.3, -0.25) is 10.2 Å². The fourth-order valence-electron chi connectivity index (χ4n) is 1.46. The standard InChI is InChI=1S/C12H12BrN3O2S/c13-9-6-7-19-10(9)11(17)15-16-12(18)14-8-4-2-1-3-5-8/h1-7,9-10H,(H,15,17)(H2,14,16,18). The molecule has 2 atom stereocenters. The SMILES string of the molecule is O=C(NNC(=O)C1SC=CC1Br)Nc1ccccc1. The number of thioether (sulfide) groups is 1. The van der Waals surface area contributed by atoms with Crippen molar-refractivity contribution in [1.82, 2.24) is 10.9 Å². The molecule has 5 nitrogen and oxygen atoms in total. The fraction of sp³-hybridized carbons (Fsp3) is 0.167. The molecule has 1 aromatic rings. The van der Waals surface area contributed by atoms with Crippen LogP contribution >= 0.6 is 27.7 Å². The predicted molar refractivity (Wildman–Crippen MR) is 80.0 cm³/mol. The highest BCUT2D eigenvalue weighted by Gasteiger charge is 2.28. The lowest BCUT2D eigenvalue weighted by molar-refractivity contribution is -0.121. The number of hydrogen-bond donors (Lipinski definition) is 3. The van der Waals surface area contributed by atoms with Gasteiger partial charge in [0.25, 0.3) is 5.91 Å². The second-order valence-electron chi connectivity index (χ2n) is 3.76. The minimum Gasteiger partial charge on any atom is -0.307 e. The minimum absolute atomic E-state index is 0.0171. The molecule has 0 fully saturated rings. The highest BCUT2D eigenvalue weighted by atomic mass is 79.9. The number of benzene rings is 1. The van der Waals surface area contributed by atoms with E-state index < -0.39 is 6.03 Å². The van der Waals surface area contributed by atoms with Gasteiger partial charge in [0.15, 0.2) is 0 Å². The molecule has 0 spiro atoms. The second-order valence-corrected chi connectivity index (χ2v) is 5.87. The quantitative estimate of drug-likeness (QED) is 0.570. The first-order valence-corrected chi connectivity index (χ1v) is 7.41. The number of alkyl halides is 1. The molecule has 0 radical (unpaired) electrons. The van der Waals surface area contributed by atoms with E-state index in [1.54, 1.807) is 12.1 Å². The normalized spacial score (nSPS) is 20.9. The van der Waals surface area contributed by atoms with Crippen molar-refractivity contribution in [1.29, 1.82) is 0 Å². The number of para-hydroxylation sites is 1. The van der Waals surface area contributed by atoms with Gasteiger partial charge in [-0.1, -0.05) is 40.2 Å². The summed E-state index contributed by atoms with van der Waals surface area (Å²) in [4.78, 5) is 23.3. The van der Waals surface area contributed by atoms with Crippen LogP contribution in [0.5, 0.6) is 0 Å². The van der Waals surface area contributed by atoms with Crippen LogP contribution in [0.2, 0.25) is 0 Å². The molecule has 0 bridgehead atoms. The summed E-state index contributed by atoms with van der Waals surface area (Å²) in [5.74, 6) is -0.250. The summed E-state index contributed by atoms with van der Waals surface area (Å²) < 4.78 is 0. The maximum absolute atomic E-state index is 11.8. The largest absolute Gasteiger partial charge is 0.337 e. The van der Waals surface area contributed by atoms with Crippen molar-refractivity contribution in [2.45, 2.75) is 10.1 Å². The summed E-state index contributed by atoms with van der Waals surface area (Å²) in [6.07, 6.45) is 1.89. The van der Waals surface area contributed by atoms with E-state index in [9.17, 15) is 9.59 Å². The Morgan fingerprint density at radius 3 is 2.53 bits per heavy atom. The number of carbonyl (C=O) groups is 2. The van der Waals surface area contributed by atoms with Crippen LogP contribution in [0.1, 0.15) is 0 Å². The molecule has 0 aromatic heterocycles. The van der Waals surface area contributed by atoms with Gasteiger partial charge in [0.1, 0.15) is 5.25 Å². The Kier molecular flexibility index (Phi) is 4.86. The van der Waals surface area contributed by atoms with Gasteiger partial charge < -0.3 is 5.32 Å². The third-order valence-electron chi connectivity index (χ3n) is 2.37. The summed E-state index contributed by atoms with van der Waals surface area (Å²) in [6.45, 7) is 0. The topological polar surface area (TPSA) is 70.2 Å². The van der Waals surface area contributed by atoms with Crippen LogP contribution in [0.15, 0.2) is 41.8 Å². The summed E-state index contributed by atoms with van der Waals surface area (Å²) in [7, 11) is 0. The molecule has 3 N–H and O–H groups in total. The number of urea groups is 1. The molecule has 1 aliphatic rings. The maximum atomic E-state index is 11.8. The van der Waals surface area contributed by atoms with Crippen molar-refractivity contribution in [3.63, 3.8) is 0 Å². The van der Waals surface area contributed by atoms with Crippen molar-refractivity contribution < 1.29 is 9.59 Å². The van der Waals surface area contributed by atoms with E-state index in [0.29, 0.717) is 5.69 Å². The fourth-order valence-corrected chi connectivity index (χ4v) is 3.28. The molecule has 7 heteroatoms. The van der Waals surface area contributed by atoms with Crippen molar-refractivity contribution in [3.05, 3.63) is 41.8 Å². The van der Waals surface area contributed by atoms with Gasteiger partial charge in [0.2, 0.25) is 0 Å². The zero-order valence-electron chi connectivity index (χ0n) is 9.80. The molecule has 2 rings (SSSR count). The lowest BCUT2D eigenvalue weighted by atomic mass is 10.3. The third kappa shape index (κ3) is 4.00. The van der Waals surface area contributed by atoms with Gasteiger partial charge in [0.05, 0.1) is 4.83 Å². The first-order chi connectivity index (χ1) is 9.16. The number of carbonyl (C=O) groups excluding carboxylic acids is 2. The predicted octanol–water partition coefficient (Wildman–Crippen LogP) is 2.23. The van der Waals surface area contributed by atoms with E-state index in [1.165, 1.54) is 11.8 Å². The molecular formula is C12H12BrN3O2S. The zero-order chi connectivity index (χ0) is 13.7. The van der Waals surface area contributed by atoms with Crippen LogP contribution in [0.4, 0.5) is 10.5 Å². The Balaban J connectivity index is 1.76. The van der Waals surface area contributed by atoms with E-state index in [2.05, 4.69) is 32.1 Å². The van der Waals surface area contributed by atoms with Crippen LogP contribution in [0.3, 0.4) is 0 Å². The summed E-state index contributed by atoms with van der Waals surface area (Å²) in [5, 5.41) is 4.19. The maximum Gasteiger partial charge on any atom is 0.337 e. The number of rotatable bonds is 2. The van der Waals surface area contributed by atoms with Crippen molar-refractivity contribution in [2.75, 3.05) is 5.32 Å². The molecule has 3 amide bonds. The van der Waals surface area contributed by atoms with E-state index in [-0.39, 0.29) is 16.0 Å². The molecule has 19 heavy (non-hydrogen) atoms. The minimum atomic E-state index is -0.485. The number of hydrazine groups is 1. The van der Waals surface area contributed by atoms with Crippen LogP contribution in [0.25, 0.3) is 0 Å². The van der Waals surface area contributed by atoms with Gasteiger partial charge in [-0.05, 0) is 17.5 Å². The molecule has 1 aromatic carbocycles. The van der Waals surface area contributed by atoms with Gasteiger partial charge in [0, 0.05) is 5.69 Å². The van der Waals surface area contributed by atoms with Crippen LogP contribution in [-0.2, 0) is 4.79 Å². The third-order valence-corrected chi connectivity index (χ3v) is 4.66. The highest BCUT2D eigenvalue weighted by Crippen LogP contribution is 2.29. The molecule has 2 unspecified atom stereocenters. The van der Waals surface area contributed by atoms with E-state index in [0.717, 1.165) is 0 Å². The summed E-state index contributed by atoms with van der Waals surface area (Å²) in [6, 6.07) is 8.50. The lowest BCUT2D eigenvalue weighted by Gasteiger charge is -2.14. The Bertz CT molecular complexity index is 495. The average Bonchev–Trinajstić information content (AvgIpc) is 2.83. The second kappa shape index (κ2) is 6.63. The molecule has 1 heterocycles. The Morgan fingerprint density at radius 1 is 1.16 bits per heavy atom. The van der Waals surface area contributed by atoms with E-state index in [4.69, 9.17) is 0 Å². The lowest BCUT2D eigenvalue weighted by Crippen LogP contribution is -2.48. The smallest absolute Gasteiger partial charge is 0.307 e. The zero-order valence-corrected chi connectivity index (χ0v) is 12.2. The number of anilines is 1. The first-order valence-electron chi connectivity index (χ1n) is 5.55. The van der Waals surface area contributed by atoms with Crippen molar-refractivity contribution >= 4 is 45.3 Å². The molecular weight excluding hydrogens is 330 g/mol. The Morgan fingerprint density at radius 2 is 1.89 bits per heavy atom. The molecule has 1 aliphatic heterocycles. The average molecular weight is 342 g/mol. The van der Waals surface area contributed by atoms with Gasteiger partial charge in [-0.25, -0.2) is 10.2 Å². The Hall–Kier alpha value is -1.47. The number of allylic oxidation sites excluding steroid dienone is 1. The van der Waals surface area contributed by atoms with Gasteiger partial charge >= 0.3 is 6.03 Å². The Labute approximate surface area is 123 Å². The summed E-state index contributed by atoms with van der Waals surface area (Å²) >= 11 is 4.77. The number of hydrogen-bond acceptors (Lipinski definition) is 3. The van der Waals surface area contributed by atoms with E-state index >= 15 is 0 Å². The monoisotopic (exact) mass is 341 g/mol. The number of halogens is 1. The first kappa shape index (κ1) is 14.0. The number of nitrogens with one attached hydrogen (secondary N) is 3. The van der Waals surface area contributed by atoms with Crippen molar-refractivity contribution in [2.24, 2.45) is 0 Å². The van der Waals surface area contributed by atoms with Crippen molar-refractivity contribution in [3.8, 4) is 0 Å². The van der Waals surface area contributed by atoms with Gasteiger partial charge in [-0.2, -0.15) is 0 Å². The molecule has 0 aliphatic carbocycles. The van der Waals surface area contributed by atoms with Crippen LogP contribution < -0.4 is 16.2 Å². The van der Waals surface area contributed by atoms with Crippen LogP contribution in [0, 0.1) is 0 Å². The molecule has 100 valence electrons.